The van der Waals surface area contributed by atoms with Gasteiger partial charge in [0.2, 0.25) is 10.0 Å². The normalized spacial score (nSPS) is 14.3. The van der Waals surface area contributed by atoms with E-state index in [-0.39, 0.29) is 5.75 Å². The average Bonchev–Trinajstić information content (AvgIpc) is 2.81. The largest absolute Gasteiger partial charge is 0.383 e. The van der Waals surface area contributed by atoms with Crippen molar-refractivity contribution in [3.63, 3.8) is 0 Å². The van der Waals surface area contributed by atoms with Crippen LogP contribution in [0.15, 0.2) is 54.7 Å². The third-order valence-corrected chi connectivity index (χ3v) is 7.36. The standard InChI is InChI=1S/C25H31N5O2S/c1-3-14-33(31,32)29-24-16-20(5-4-18(24)2)23-15-21(17-28-25(23)26)19-6-8-22(9-7-19)30-12-10-27-11-13-30/h4-9,15-17,27,29H,3,10-14H2,1-2H3,(H2,26,28). The van der Waals surface area contributed by atoms with E-state index in [4.69, 9.17) is 5.73 Å². The summed E-state index contributed by atoms with van der Waals surface area (Å²) in [6.45, 7) is 7.73. The second kappa shape index (κ2) is 9.80. The molecule has 33 heavy (non-hydrogen) atoms. The molecule has 1 aliphatic rings. The Morgan fingerprint density at radius 1 is 1.03 bits per heavy atom. The zero-order valence-electron chi connectivity index (χ0n) is 19.1. The number of piperazine rings is 1. The lowest BCUT2D eigenvalue weighted by atomic mass is 9.99. The summed E-state index contributed by atoms with van der Waals surface area (Å²) in [5, 5.41) is 3.38. The van der Waals surface area contributed by atoms with Crippen molar-refractivity contribution >= 4 is 27.2 Å². The minimum absolute atomic E-state index is 0.0831. The van der Waals surface area contributed by atoms with Crippen molar-refractivity contribution in [2.45, 2.75) is 20.3 Å². The van der Waals surface area contributed by atoms with Crippen LogP contribution >= 0.6 is 0 Å². The molecule has 0 aliphatic carbocycles. The van der Waals surface area contributed by atoms with E-state index in [0.29, 0.717) is 17.9 Å². The number of aryl methyl sites for hydroxylation is 1. The van der Waals surface area contributed by atoms with Crippen LogP contribution in [0.3, 0.4) is 0 Å². The Balaban J connectivity index is 1.63. The Kier molecular flexibility index (Phi) is 6.85. The Morgan fingerprint density at radius 2 is 1.73 bits per heavy atom. The first-order chi connectivity index (χ1) is 15.9. The highest BCUT2D eigenvalue weighted by Gasteiger charge is 2.14. The molecule has 174 valence electrons. The Hall–Kier alpha value is -3.10. The van der Waals surface area contributed by atoms with Gasteiger partial charge in [-0.05, 0) is 54.3 Å². The van der Waals surface area contributed by atoms with Crippen molar-refractivity contribution in [3.8, 4) is 22.3 Å². The van der Waals surface area contributed by atoms with Gasteiger partial charge in [-0.15, -0.1) is 0 Å². The second-order valence-electron chi connectivity index (χ2n) is 8.39. The number of hydrogen-bond acceptors (Lipinski definition) is 6. The molecule has 2 aromatic carbocycles. The number of nitrogens with zero attached hydrogens (tertiary/aromatic N) is 2. The Morgan fingerprint density at radius 3 is 2.42 bits per heavy atom. The molecule has 1 aromatic heterocycles. The molecule has 0 saturated carbocycles. The molecule has 1 fully saturated rings. The van der Waals surface area contributed by atoms with E-state index in [9.17, 15) is 8.42 Å². The molecule has 0 atom stereocenters. The first kappa shape index (κ1) is 23.1. The number of nitrogens with one attached hydrogen (secondary N) is 2. The van der Waals surface area contributed by atoms with Gasteiger partial charge in [-0.1, -0.05) is 31.2 Å². The number of pyridine rings is 1. The number of anilines is 3. The topological polar surface area (TPSA) is 100 Å². The second-order valence-corrected chi connectivity index (χ2v) is 10.2. The predicted molar refractivity (Wildman–Crippen MR) is 137 cm³/mol. The molecule has 0 radical (unpaired) electrons. The number of rotatable bonds is 7. The molecule has 0 unspecified atom stereocenters. The molecule has 4 rings (SSSR count). The maximum Gasteiger partial charge on any atom is 0.232 e. The van der Waals surface area contributed by atoms with Gasteiger partial charge in [0.1, 0.15) is 5.82 Å². The Labute approximate surface area is 196 Å². The summed E-state index contributed by atoms with van der Waals surface area (Å²) in [5.41, 5.74) is 12.5. The molecule has 2 heterocycles. The highest BCUT2D eigenvalue weighted by molar-refractivity contribution is 7.92. The number of sulfonamides is 1. The van der Waals surface area contributed by atoms with Crippen LogP contribution in [0, 0.1) is 6.92 Å². The van der Waals surface area contributed by atoms with Crippen LogP contribution in [-0.2, 0) is 10.0 Å². The predicted octanol–water partition coefficient (Wildman–Crippen LogP) is 3.87. The SMILES string of the molecule is CCCS(=O)(=O)Nc1cc(-c2cc(-c3ccc(N4CCNCC4)cc3)cnc2N)ccc1C. The van der Waals surface area contributed by atoms with Gasteiger partial charge < -0.3 is 16.0 Å². The minimum Gasteiger partial charge on any atom is -0.383 e. The van der Waals surface area contributed by atoms with E-state index in [0.717, 1.165) is 54.0 Å². The third-order valence-electron chi connectivity index (χ3n) is 5.89. The molecule has 1 saturated heterocycles. The van der Waals surface area contributed by atoms with Crippen LogP contribution in [0.4, 0.5) is 17.2 Å². The lowest BCUT2D eigenvalue weighted by molar-refractivity contribution is 0.589. The molecule has 4 N–H and O–H groups in total. The van der Waals surface area contributed by atoms with Gasteiger partial charge in [0, 0.05) is 49.2 Å². The molecule has 0 amide bonds. The highest BCUT2D eigenvalue weighted by atomic mass is 32.2. The lowest BCUT2D eigenvalue weighted by Crippen LogP contribution is -2.43. The number of nitrogens with two attached hydrogens (primary N) is 1. The number of aromatic nitrogens is 1. The van der Waals surface area contributed by atoms with Gasteiger partial charge in [-0.3, -0.25) is 4.72 Å². The van der Waals surface area contributed by atoms with Crippen LogP contribution in [0.25, 0.3) is 22.3 Å². The van der Waals surface area contributed by atoms with Crippen LogP contribution in [-0.4, -0.2) is 45.3 Å². The first-order valence-corrected chi connectivity index (χ1v) is 12.9. The summed E-state index contributed by atoms with van der Waals surface area (Å²) in [4.78, 5) is 6.80. The van der Waals surface area contributed by atoms with Gasteiger partial charge in [0.15, 0.2) is 0 Å². The molecule has 0 spiro atoms. The van der Waals surface area contributed by atoms with Gasteiger partial charge >= 0.3 is 0 Å². The van der Waals surface area contributed by atoms with Crippen molar-refractivity contribution in [3.05, 3.63) is 60.3 Å². The van der Waals surface area contributed by atoms with Gasteiger partial charge in [-0.25, -0.2) is 13.4 Å². The summed E-state index contributed by atoms with van der Waals surface area (Å²) >= 11 is 0. The molecule has 7 nitrogen and oxygen atoms in total. The number of nitrogen functional groups attached to an aromatic ring is 1. The van der Waals surface area contributed by atoms with E-state index >= 15 is 0 Å². The van der Waals surface area contributed by atoms with Crippen molar-refractivity contribution < 1.29 is 8.42 Å². The molecule has 0 bridgehead atoms. The maximum atomic E-state index is 12.3. The van der Waals surface area contributed by atoms with Crippen LogP contribution in [0.5, 0.6) is 0 Å². The van der Waals surface area contributed by atoms with E-state index in [1.165, 1.54) is 5.69 Å². The number of hydrogen-bond donors (Lipinski definition) is 3. The molecule has 1 aliphatic heterocycles. The lowest BCUT2D eigenvalue weighted by Gasteiger charge is -2.29. The average molecular weight is 466 g/mol. The fraction of sp³-hybridized carbons (Fsp3) is 0.320. The number of benzene rings is 2. The van der Waals surface area contributed by atoms with Crippen LogP contribution in [0.1, 0.15) is 18.9 Å². The van der Waals surface area contributed by atoms with Crippen molar-refractivity contribution in [1.29, 1.82) is 0 Å². The molecule has 3 aromatic rings. The fourth-order valence-electron chi connectivity index (χ4n) is 4.04. The summed E-state index contributed by atoms with van der Waals surface area (Å²) in [6.07, 6.45) is 2.33. The molecular weight excluding hydrogens is 434 g/mol. The van der Waals surface area contributed by atoms with Crippen molar-refractivity contribution in [2.75, 3.05) is 47.3 Å². The fourth-order valence-corrected chi connectivity index (χ4v) is 5.23. The third kappa shape index (κ3) is 5.46. The van der Waals surface area contributed by atoms with E-state index < -0.39 is 10.0 Å². The van der Waals surface area contributed by atoms with Gasteiger partial charge in [0.25, 0.3) is 0 Å². The zero-order valence-corrected chi connectivity index (χ0v) is 20.0. The summed E-state index contributed by atoms with van der Waals surface area (Å²) in [5.74, 6) is 0.488. The zero-order chi connectivity index (χ0) is 23.4. The van der Waals surface area contributed by atoms with E-state index in [1.54, 1.807) is 6.20 Å². The van der Waals surface area contributed by atoms with Crippen molar-refractivity contribution in [1.82, 2.24) is 10.3 Å². The first-order valence-electron chi connectivity index (χ1n) is 11.3. The summed E-state index contributed by atoms with van der Waals surface area (Å²) in [6, 6.07) is 16.2. The monoisotopic (exact) mass is 465 g/mol. The smallest absolute Gasteiger partial charge is 0.232 e. The van der Waals surface area contributed by atoms with Gasteiger partial charge in [-0.2, -0.15) is 0 Å². The highest BCUT2D eigenvalue weighted by Crippen LogP contribution is 2.33. The summed E-state index contributed by atoms with van der Waals surface area (Å²) < 4.78 is 27.3. The van der Waals surface area contributed by atoms with Gasteiger partial charge in [0.05, 0.1) is 11.4 Å². The van der Waals surface area contributed by atoms with Crippen LogP contribution in [0.2, 0.25) is 0 Å². The minimum atomic E-state index is -3.39. The van der Waals surface area contributed by atoms with E-state index in [2.05, 4.69) is 44.2 Å². The Bertz CT molecular complexity index is 1220. The molecule has 8 heteroatoms. The quantitative estimate of drug-likeness (QED) is 0.490. The van der Waals surface area contributed by atoms with Crippen molar-refractivity contribution in [2.24, 2.45) is 0 Å². The van der Waals surface area contributed by atoms with E-state index in [1.807, 2.05) is 38.1 Å². The van der Waals surface area contributed by atoms with Crippen LogP contribution < -0.4 is 20.7 Å². The maximum absolute atomic E-state index is 12.3. The summed E-state index contributed by atoms with van der Waals surface area (Å²) in [7, 11) is -3.39. The molecular formula is C25H31N5O2S.